The van der Waals surface area contributed by atoms with Crippen LogP contribution in [0.3, 0.4) is 0 Å². The molecule has 4 heteroatoms. The first-order valence-corrected chi connectivity index (χ1v) is 4.15. The van der Waals surface area contributed by atoms with Crippen LogP contribution in [0.2, 0.25) is 0 Å². The summed E-state index contributed by atoms with van der Waals surface area (Å²) in [5.41, 5.74) is 0. The average molecular weight is 158 g/mol. The van der Waals surface area contributed by atoms with Crippen LogP contribution in [-0.2, 0) is 14.3 Å². The van der Waals surface area contributed by atoms with Crippen molar-refractivity contribution in [3.8, 4) is 12.3 Å². The maximum absolute atomic E-state index is 10.8. The molecule has 0 fully saturated rings. The largest absolute Gasteiger partial charge is 0.373 e. The van der Waals surface area contributed by atoms with Gasteiger partial charge in [0.25, 0.3) is 0 Å². The van der Waals surface area contributed by atoms with Gasteiger partial charge >= 0.3 is 10.1 Å². The predicted molar refractivity (Wildman–Crippen MR) is 36.4 cm³/mol. The number of rotatable bonds is 0. The number of terminal acetylenes is 1. The van der Waals surface area contributed by atoms with Crippen LogP contribution in [0.15, 0.2) is 11.8 Å². The van der Waals surface area contributed by atoms with Gasteiger partial charge in [0, 0.05) is 0 Å². The van der Waals surface area contributed by atoms with E-state index in [0.29, 0.717) is 0 Å². The monoisotopic (exact) mass is 158 g/mol. The molecule has 0 radical (unpaired) electrons. The van der Waals surface area contributed by atoms with Crippen molar-refractivity contribution >= 4 is 10.1 Å². The summed E-state index contributed by atoms with van der Waals surface area (Å²) in [4.78, 5) is 0. The quantitative estimate of drug-likeness (QED) is 0.375. The molecule has 10 heavy (non-hydrogen) atoms. The molecule has 1 rings (SSSR count). The lowest BCUT2D eigenvalue weighted by atomic mass is 10.4. The highest BCUT2D eigenvalue weighted by Gasteiger charge is 2.28. The summed E-state index contributed by atoms with van der Waals surface area (Å²) in [6.07, 6.45) is 6.31. The van der Waals surface area contributed by atoms with Crippen LogP contribution in [-0.4, -0.2) is 13.7 Å². The van der Waals surface area contributed by atoms with Crippen molar-refractivity contribution < 1.29 is 12.6 Å². The molecule has 1 aliphatic heterocycles. The van der Waals surface area contributed by atoms with E-state index in [2.05, 4.69) is 10.1 Å². The molecule has 1 unspecified atom stereocenters. The van der Waals surface area contributed by atoms with Gasteiger partial charge in [0.15, 0.2) is 5.76 Å². The molecule has 54 valence electrons. The Labute approximate surface area is 59.8 Å². The fraction of sp³-hybridized carbons (Fsp3) is 0.333. The molecule has 0 N–H and O–H groups in total. The van der Waals surface area contributed by atoms with E-state index in [4.69, 9.17) is 6.42 Å². The minimum absolute atomic E-state index is 0.0903. The summed E-state index contributed by atoms with van der Waals surface area (Å²) < 4.78 is 25.9. The fourth-order valence-corrected chi connectivity index (χ4v) is 1.39. The Morgan fingerprint density at radius 3 is 2.60 bits per heavy atom. The second kappa shape index (κ2) is 2.03. The van der Waals surface area contributed by atoms with Crippen LogP contribution in [0.1, 0.15) is 6.92 Å². The number of hydrogen-bond acceptors (Lipinski definition) is 3. The molecule has 0 amide bonds. The Bertz CT molecular complexity index is 304. The first-order chi connectivity index (χ1) is 4.56. The van der Waals surface area contributed by atoms with Crippen molar-refractivity contribution in [2.24, 2.45) is 0 Å². The molecule has 0 bridgehead atoms. The normalized spacial score (nSPS) is 28.4. The third kappa shape index (κ3) is 1.00. The van der Waals surface area contributed by atoms with Crippen molar-refractivity contribution in [2.75, 3.05) is 0 Å². The smallest absolute Gasteiger partial charge is 0.316 e. The summed E-state index contributed by atoms with van der Waals surface area (Å²) in [5, 5.41) is -0.612. The lowest BCUT2D eigenvalue weighted by Gasteiger charge is -1.96. The van der Waals surface area contributed by atoms with E-state index < -0.39 is 15.4 Å². The van der Waals surface area contributed by atoms with Crippen molar-refractivity contribution in [3.05, 3.63) is 11.8 Å². The Hall–Kier alpha value is -0.950. The van der Waals surface area contributed by atoms with Crippen LogP contribution < -0.4 is 0 Å². The Balaban J connectivity index is 3.00. The minimum atomic E-state index is -3.42. The van der Waals surface area contributed by atoms with Gasteiger partial charge in [-0.05, 0) is 18.9 Å². The standard InChI is InChI=1S/C6H6O3S/c1-3-6-4-5(2)10(7,8)9-6/h1,4-5H,2H3. The molecule has 1 aliphatic rings. The molecule has 0 saturated carbocycles. The van der Waals surface area contributed by atoms with Crippen molar-refractivity contribution in [3.63, 3.8) is 0 Å². The molecule has 1 atom stereocenters. The third-order valence-electron chi connectivity index (χ3n) is 1.19. The second-order valence-electron chi connectivity index (χ2n) is 1.96. The van der Waals surface area contributed by atoms with Gasteiger partial charge in [-0.1, -0.05) is 0 Å². The highest BCUT2D eigenvalue weighted by molar-refractivity contribution is 7.87. The van der Waals surface area contributed by atoms with E-state index in [9.17, 15) is 8.42 Å². The Morgan fingerprint density at radius 1 is 1.80 bits per heavy atom. The zero-order valence-electron chi connectivity index (χ0n) is 5.37. The van der Waals surface area contributed by atoms with E-state index in [0.717, 1.165) is 0 Å². The molecule has 0 saturated heterocycles. The maximum Gasteiger partial charge on any atom is 0.316 e. The first kappa shape index (κ1) is 7.16. The van der Waals surface area contributed by atoms with E-state index in [1.807, 2.05) is 0 Å². The van der Waals surface area contributed by atoms with Crippen LogP contribution in [0.25, 0.3) is 0 Å². The van der Waals surface area contributed by atoms with E-state index >= 15 is 0 Å². The Kier molecular flexibility index (Phi) is 1.45. The van der Waals surface area contributed by atoms with Crippen LogP contribution in [0, 0.1) is 12.3 Å². The fourth-order valence-electron chi connectivity index (χ4n) is 0.597. The van der Waals surface area contributed by atoms with Gasteiger partial charge in [-0.25, -0.2) is 0 Å². The highest BCUT2D eigenvalue weighted by atomic mass is 32.2. The van der Waals surface area contributed by atoms with E-state index in [-0.39, 0.29) is 5.76 Å². The SMILES string of the molecule is C#CC1=CC(C)S(=O)(=O)O1. The van der Waals surface area contributed by atoms with Crippen molar-refractivity contribution in [1.82, 2.24) is 0 Å². The summed E-state index contributed by atoms with van der Waals surface area (Å²) in [6, 6.07) is 0. The lowest BCUT2D eigenvalue weighted by molar-refractivity contribution is 0.435. The number of allylic oxidation sites excluding steroid dienone is 1. The predicted octanol–water partition coefficient (Wildman–Crippen LogP) is 0.252. The summed E-state index contributed by atoms with van der Waals surface area (Å²) >= 11 is 0. The van der Waals surface area contributed by atoms with Crippen molar-refractivity contribution in [2.45, 2.75) is 12.2 Å². The molecule has 0 aromatic heterocycles. The Morgan fingerprint density at radius 2 is 2.40 bits per heavy atom. The molecule has 0 aromatic rings. The maximum atomic E-state index is 10.8. The molecular formula is C6H6O3S. The van der Waals surface area contributed by atoms with Gasteiger partial charge in [-0.15, -0.1) is 6.42 Å². The summed E-state index contributed by atoms with van der Waals surface area (Å²) in [7, 11) is -3.42. The molecular weight excluding hydrogens is 152 g/mol. The van der Waals surface area contributed by atoms with E-state index in [1.54, 1.807) is 0 Å². The van der Waals surface area contributed by atoms with Crippen LogP contribution in [0.4, 0.5) is 0 Å². The summed E-state index contributed by atoms with van der Waals surface area (Å²) in [6.45, 7) is 1.51. The molecule has 3 nitrogen and oxygen atoms in total. The second-order valence-corrected chi connectivity index (χ2v) is 3.85. The van der Waals surface area contributed by atoms with Crippen LogP contribution in [0.5, 0.6) is 0 Å². The molecule has 1 heterocycles. The number of hydrogen-bond donors (Lipinski definition) is 0. The van der Waals surface area contributed by atoms with E-state index in [1.165, 1.54) is 13.0 Å². The van der Waals surface area contributed by atoms with Gasteiger partial charge in [-0.3, -0.25) is 0 Å². The zero-order chi connectivity index (χ0) is 7.78. The average Bonchev–Trinajstić information content (AvgIpc) is 2.08. The van der Waals surface area contributed by atoms with Gasteiger partial charge in [0.2, 0.25) is 0 Å². The van der Waals surface area contributed by atoms with Gasteiger partial charge < -0.3 is 4.18 Å². The molecule has 0 spiro atoms. The van der Waals surface area contributed by atoms with Crippen molar-refractivity contribution in [1.29, 1.82) is 0 Å². The molecule has 0 aliphatic carbocycles. The highest BCUT2D eigenvalue weighted by Crippen LogP contribution is 2.19. The lowest BCUT2D eigenvalue weighted by Crippen LogP contribution is -2.10. The zero-order valence-corrected chi connectivity index (χ0v) is 6.18. The summed E-state index contributed by atoms with van der Waals surface area (Å²) in [5.74, 6) is 2.20. The topological polar surface area (TPSA) is 43.4 Å². The van der Waals surface area contributed by atoms with Crippen LogP contribution >= 0.6 is 0 Å². The molecule has 0 aromatic carbocycles. The van der Waals surface area contributed by atoms with Gasteiger partial charge in [0.05, 0.1) is 0 Å². The first-order valence-electron chi connectivity index (χ1n) is 2.68. The minimum Gasteiger partial charge on any atom is -0.373 e. The third-order valence-corrected chi connectivity index (χ3v) is 2.65. The van der Waals surface area contributed by atoms with Gasteiger partial charge in [0.1, 0.15) is 5.25 Å². The van der Waals surface area contributed by atoms with Gasteiger partial charge in [-0.2, -0.15) is 8.42 Å².